The van der Waals surface area contributed by atoms with Gasteiger partial charge in [0.1, 0.15) is 5.82 Å². The average molecular weight is 392 g/mol. The first-order valence-electron chi connectivity index (χ1n) is 9.34. The van der Waals surface area contributed by atoms with E-state index in [1.807, 2.05) is 6.07 Å². The van der Waals surface area contributed by atoms with E-state index in [0.29, 0.717) is 10.9 Å². The second kappa shape index (κ2) is 7.20. The Morgan fingerprint density at radius 2 is 1.86 bits per heavy atom. The van der Waals surface area contributed by atoms with Gasteiger partial charge in [-0.15, -0.1) is 0 Å². The van der Waals surface area contributed by atoms with Crippen LogP contribution in [0, 0.1) is 11.7 Å². The van der Waals surface area contributed by atoms with Crippen molar-refractivity contribution < 1.29 is 22.4 Å². The van der Waals surface area contributed by atoms with E-state index in [4.69, 9.17) is 0 Å². The van der Waals surface area contributed by atoms with Crippen molar-refractivity contribution in [2.75, 3.05) is 11.4 Å². The zero-order valence-electron chi connectivity index (χ0n) is 15.0. The lowest BCUT2D eigenvalue weighted by molar-refractivity contribution is -0.169. The number of para-hydroxylation sites is 1. The second-order valence-corrected chi connectivity index (χ2v) is 7.49. The lowest BCUT2D eigenvalue weighted by atomic mass is 10.1. The van der Waals surface area contributed by atoms with Crippen molar-refractivity contribution in [3.8, 4) is 0 Å². The van der Waals surface area contributed by atoms with E-state index in [2.05, 4.69) is 5.32 Å². The van der Waals surface area contributed by atoms with Gasteiger partial charge in [0.2, 0.25) is 0 Å². The van der Waals surface area contributed by atoms with E-state index in [1.54, 1.807) is 12.1 Å². The highest BCUT2D eigenvalue weighted by molar-refractivity contribution is 6.03. The summed E-state index contributed by atoms with van der Waals surface area (Å²) in [6.45, 7) is 0.967. The number of rotatable bonds is 6. The summed E-state index contributed by atoms with van der Waals surface area (Å²) in [4.78, 5) is 12.5. The summed E-state index contributed by atoms with van der Waals surface area (Å²) in [6, 6.07) is 11.7. The highest BCUT2D eigenvalue weighted by Gasteiger charge is 2.45. The lowest BCUT2D eigenvalue weighted by Gasteiger charge is -2.25. The minimum atomic E-state index is -5.12. The molecular weight excluding hydrogens is 372 g/mol. The minimum Gasteiger partial charge on any atom is -0.313 e. The molecule has 7 heteroatoms. The van der Waals surface area contributed by atoms with Gasteiger partial charge in [0.15, 0.2) is 0 Å². The lowest BCUT2D eigenvalue weighted by Crippen LogP contribution is -2.38. The number of nitrogens with zero attached hydrogens (tertiary/aromatic N) is 1. The molecule has 2 unspecified atom stereocenters. The van der Waals surface area contributed by atoms with Gasteiger partial charge in [-0.2, -0.15) is 13.2 Å². The van der Waals surface area contributed by atoms with Crippen LogP contribution in [0.4, 0.5) is 28.9 Å². The molecular formula is C21H20F4N2O. The number of hydrogen-bond donors (Lipinski definition) is 1. The normalized spacial score (nSPS) is 21.4. The third kappa shape index (κ3) is 4.04. The second-order valence-electron chi connectivity index (χ2n) is 7.49. The number of alkyl halides is 3. The first-order chi connectivity index (χ1) is 13.3. The summed E-state index contributed by atoms with van der Waals surface area (Å²) >= 11 is 0. The third-order valence-electron chi connectivity index (χ3n) is 5.25. The SMILES string of the molecule is O=C(N(c1cccc(C2CC2NCC2CC2)c1)c1ccccc1F)C(F)(F)F. The molecule has 0 radical (unpaired) electrons. The van der Waals surface area contributed by atoms with Gasteiger partial charge in [-0.05, 0) is 61.6 Å². The number of carbonyl (C=O) groups is 1. The molecule has 1 amide bonds. The number of halogens is 4. The number of hydrogen-bond acceptors (Lipinski definition) is 2. The fourth-order valence-electron chi connectivity index (χ4n) is 3.45. The van der Waals surface area contributed by atoms with Crippen molar-refractivity contribution >= 4 is 17.3 Å². The van der Waals surface area contributed by atoms with Crippen molar-refractivity contribution in [1.82, 2.24) is 5.32 Å². The smallest absolute Gasteiger partial charge is 0.313 e. The summed E-state index contributed by atoms with van der Waals surface area (Å²) < 4.78 is 53.8. The van der Waals surface area contributed by atoms with Crippen LogP contribution >= 0.6 is 0 Å². The van der Waals surface area contributed by atoms with E-state index in [9.17, 15) is 22.4 Å². The predicted molar refractivity (Wildman–Crippen MR) is 97.9 cm³/mol. The van der Waals surface area contributed by atoms with E-state index in [1.165, 1.54) is 37.1 Å². The summed E-state index contributed by atoms with van der Waals surface area (Å²) in [5.74, 6) is -2.06. The Morgan fingerprint density at radius 3 is 2.54 bits per heavy atom. The van der Waals surface area contributed by atoms with Gasteiger partial charge in [-0.1, -0.05) is 24.3 Å². The van der Waals surface area contributed by atoms with Crippen molar-refractivity contribution in [1.29, 1.82) is 0 Å². The largest absolute Gasteiger partial charge is 0.472 e. The Balaban J connectivity index is 1.61. The highest BCUT2D eigenvalue weighted by Crippen LogP contribution is 2.43. The highest BCUT2D eigenvalue weighted by atomic mass is 19.4. The van der Waals surface area contributed by atoms with Gasteiger partial charge < -0.3 is 5.32 Å². The molecule has 0 saturated heterocycles. The fraction of sp³-hybridized carbons (Fsp3) is 0.381. The Hall–Kier alpha value is -2.41. The van der Waals surface area contributed by atoms with Crippen LogP contribution in [-0.4, -0.2) is 24.7 Å². The Kier molecular flexibility index (Phi) is 4.87. The number of carbonyl (C=O) groups excluding carboxylic acids is 1. The van der Waals surface area contributed by atoms with E-state index < -0.39 is 23.6 Å². The molecule has 2 aromatic carbocycles. The third-order valence-corrected chi connectivity index (χ3v) is 5.25. The Bertz CT molecular complexity index is 879. The van der Waals surface area contributed by atoms with Gasteiger partial charge in [0, 0.05) is 17.6 Å². The van der Waals surface area contributed by atoms with E-state index >= 15 is 0 Å². The maximum absolute atomic E-state index is 14.2. The van der Waals surface area contributed by atoms with E-state index in [0.717, 1.165) is 30.5 Å². The molecule has 1 N–H and O–H groups in total. The molecule has 0 bridgehead atoms. The number of anilines is 2. The van der Waals surface area contributed by atoms with Crippen LogP contribution in [0.3, 0.4) is 0 Å². The number of nitrogens with one attached hydrogen (secondary N) is 1. The quantitative estimate of drug-likeness (QED) is 0.709. The van der Waals surface area contributed by atoms with Crippen LogP contribution in [0.1, 0.15) is 30.7 Å². The summed E-state index contributed by atoms with van der Waals surface area (Å²) in [7, 11) is 0. The molecule has 0 aliphatic heterocycles. The van der Waals surface area contributed by atoms with Gasteiger partial charge in [-0.25, -0.2) is 4.39 Å². The van der Waals surface area contributed by atoms with E-state index in [-0.39, 0.29) is 11.6 Å². The molecule has 148 valence electrons. The molecule has 4 rings (SSSR count). The van der Waals surface area contributed by atoms with Gasteiger partial charge in [0.25, 0.3) is 0 Å². The van der Waals surface area contributed by atoms with Gasteiger partial charge in [0.05, 0.1) is 5.69 Å². The maximum Gasteiger partial charge on any atom is 0.472 e. The standard InChI is InChI=1S/C21H20F4N2O/c22-17-6-1-2-7-19(17)27(20(28)21(23,24)25)15-5-3-4-14(10-15)16-11-18(16)26-12-13-8-9-13/h1-7,10,13,16,18,26H,8-9,11-12H2. The topological polar surface area (TPSA) is 32.3 Å². The summed E-state index contributed by atoms with van der Waals surface area (Å²) in [5, 5.41) is 3.48. The van der Waals surface area contributed by atoms with Crippen LogP contribution in [-0.2, 0) is 4.79 Å². The molecule has 2 aliphatic carbocycles. The molecule has 2 fully saturated rings. The van der Waals surface area contributed by atoms with Crippen LogP contribution < -0.4 is 10.2 Å². The molecule has 0 spiro atoms. The minimum absolute atomic E-state index is 0.0118. The van der Waals surface area contributed by atoms with Gasteiger partial charge >= 0.3 is 12.1 Å². The molecule has 28 heavy (non-hydrogen) atoms. The van der Waals surface area contributed by atoms with Crippen LogP contribution in [0.15, 0.2) is 48.5 Å². The monoisotopic (exact) mass is 392 g/mol. The summed E-state index contributed by atoms with van der Waals surface area (Å²) in [6.07, 6.45) is -1.72. The van der Waals surface area contributed by atoms with Crippen LogP contribution in [0.2, 0.25) is 0 Å². The molecule has 0 heterocycles. The van der Waals surface area contributed by atoms with Crippen molar-refractivity contribution in [2.45, 2.75) is 37.4 Å². The summed E-state index contributed by atoms with van der Waals surface area (Å²) in [5.41, 5.74) is 0.445. The molecule has 2 aromatic rings. The molecule has 3 nitrogen and oxygen atoms in total. The first kappa shape index (κ1) is 18.9. The zero-order valence-corrected chi connectivity index (χ0v) is 15.0. The Morgan fingerprint density at radius 1 is 1.11 bits per heavy atom. The molecule has 0 aromatic heterocycles. The fourth-order valence-corrected chi connectivity index (χ4v) is 3.45. The average Bonchev–Trinajstić information content (AvgIpc) is 3.56. The number of benzene rings is 2. The molecule has 2 saturated carbocycles. The maximum atomic E-state index is 14.2. The predicted octanol–water partition coefficient (Wildman–Crippen LogP) is 4.91. The van der Waals surface area contributed by atoms with Crippen LogP contribution in [0.5, 0.6) is 0 Å². The first-order valence-corrected chi connectivity index (χ1v) is 9.34. The van der Waals surface area contributed by atoms with Crippen molar-refractivity contribution in [3.05, 3.63) is 59.9 Å². The van der Waals surface area contributed by atoms with Gasteiger partial charge in [-0.3, -0.25) is 9.69 Å². The van der Waals surface area contributed by atoms with Crippen molar-refractivity contribution in [3.63, 3.8) is 0 Å². The van der Waals surface area contributed by atoms with Crippen LogP contribution in [0.25, 0.3) is 0 Å². The molecule has 2 aliphatic rings. The zero-order chi connectivity index (χ0) is 19.9. The van der Waals surface area contributed by atoms with Crippen molar-refractivity contribution in [2.24, 2.45) is 5.92 Å². The molecule has 2 atom stereocenters. The Labute approximate surface area is 160 Å². The number of amides is 1.